The van der Waals surface area contributed by atoms with Crippen LogP contribution in [0.15, 0.2) is 47.6 Å². The second kappa shape index (κ2) is 9.16. The quantitative estimate of drug-likeness (QED) is 0.280. The van der Waals surface area contributed by atoms with E-state index in [0.29, 0.717) is 11.8 Å². The number of aromatic amines is 2. The van der Waals surface area contributed by atoms with Crippen LogP contribution < -0.4 is 4.74 Å². The summed E-state index contributed by atoms with van der Waals surface area (Å²) < 4.78 is 90.3. The predicted molar refractivity (Wildman–Crippen MR) is 126 cm³/mol. The second-order valence-electron chi connectivity index (χ2n) is 7.82. The topological polar surface area (TPSA) is 114 Å². The summed E-state index contributed by atoms with van der Waals surface area (Å²) in [6, 6.07) is 4.93. The summed E-state index contributed by atoms with van der Waals surface area (Å²) in [5.74, 6) is -5.56. The Hall–Kier alpha value is -3.97. The molecule has 14 heteroatoms. The van der Waals surface area contributed by atoms with Gasteiger partial charge in [-0.15, -0.1) is 0 Å². The van der Waals surface area contributed by atoms with Crippen LogP contribution >= 0.6 is 11.6 Å². The van der Waals surface area contributed by atoms with Gasteiger partial charge in [0.15, 0.2) is 21.5 Å². The third-order valence-electron chi connectivity index (χ3n) is 5.55. The van der Waals surface area contributed by atoms with Gasteiger partial charge in [0.05, 0.1) is 30.8 Å². The lowest BCUT2D eigenvalue weighted by Crippen LogP contribution is -2.10. The smallest absolute Gasteiger partial charge is 0.232 e. The van der Waals surface area contributed by atoms with Crippen LogP contribution in [0.4, 0.5) is 17.6 Å². The maximum atomic E-state index is 15.5. The van der Waals surface area contributed by atoms with E-state index in [1.807, 2.05) is 0 Å². The first-order valence-electron chi connectivity index (χ1n) is 10.4. The summed E-state index contributed by atoms with van der Waals surface area (Å²) in [6.07, 6.45) is 2.10. The first-order valence-corrected chi connectivity index (χ1v) is 12.4. The Labute approximate surface area is 211 Å². The third kappa shape index (κ3) is 4.29. The Morgan fingerprint density at radius 3 is 2.51 bits per heavy atom. The van der Waals surface area contributed by atoms with Crippen LogP contribution in [0.5, 0.6) is 5.88 Å². The zero-order valence-electron chi connectivity index (χ0n) is 18.6. The van der Waals surface area contributed by atoms with Gasteiger partial charge in [0.1, 0.15) is 38.7 Å². The van der Waals surface area contributed by atoms with Gasteiger partial charge in [-0.05, 0) is 18.2 Å². The van der Waals surface area contributed by atoms with Crippen molar-refractivity contribution in [3.63, 3.8) is 0 Å². The van der Waals surface area contributed by atoms with Crippen LogP contribution in [-0.2, 0) is 15.6 Å². The van der Waals surface area contributed by atoms with E-state index in [9.17, 15) is 17.2 Å². The fraction of sp³-hybridized carbons (Fsp3) is 0.0870. The van der Waals surface area contributed by atoms with Crippen LogP contribution in [-0.4, -0.2) is 40.7 Å². The van der Waals surface area contributed by atoms with Crippen molar-refractivity contribution in [2.75, 3.05) is 7.11 Å². The number of fused-ring (bicyclic) bond motifs is 1. The summed E-state index contributed by atoms with van der Waals surface area (Å²) in [6.45, 7) is 0. The summed E-state index contributed by atoms with van der Waals surface area (Å²) in [7, 11) is -3.27. The molecule has 8 nitrogen and oxygen atoms in total. The standard InChI is InChI=1S/C23H14ClF4N5O3S/c1-36-23-15(6-11(25)7-30-23)37(34,35)9-10-2-5-14(26)17(18(10)27)12-3-4-13-20(19(12)28)32-33-21(13)22-29-8-16(24)31-22/h2-8H,9H2,1H3,(H,29,31)(H,32,33). The number of methoxy groups -OCH3 is 1. The lowest BCUT2D eigenvalue weighted by molar-refractivity contribution is 0.382. The molecule has 0 fully saturated rings. The number of benzene rings is 2. The maximum Gasteiger partial charge on any atom is 0.232 e. The molecule has 0 aliphatic carbocycles. The van der Waals surface area contributed by atoms with Crippen molar-refractivity contribution in [3.8, 4) is 28.5 Å². The largest absolute Gasteiger partial charge is 0.480 e. The Balaban J connectivity index is 1.59. The molecular formula is C23H14ClF4N5O3S. The number of aromatic nitrogens is 5. The number of H-pyrrole nitrogens is 2. The highest BCUT2D eigenvalue weighted by Gasteiger charge is 2.27. The van der Waals surface area contributed by atoms with E-state index < -0.39 is 66.3 Å². The van der Waals surface area contributed by atoms with Gasteiger partial charge in [-0.3, -0.25) is 5.10 Å². The molecule has 190 valence electrons. The van der Waals surface area contributed by atoms with Gasteiger partial charge in [-0.25, -0.2) is 35.9 Å². The zero-order chi connectivity index (χ0) is 26.5. The number of halogens is 5. The lowest BCUT2D eigenvalue weighted by atomic mass is 9.99. The number of ether oxygens (including phenoxy) is 1. The van der Waals surface area contributed by atoms with Gasteiger partial charge in [-0.2, -0.15) is 5.10 Å². The average molecular weight is 552 g/mol. The summed E-state index contributed by atoms with van der Waals surface area (Å²) in [5.41, 5.74) is -1.68. The number of sulfone groups is 1. The molecule has 5 aromatic rings. The van der Waals surface area contributed by atoms with Crippen molar-refractivity contribution >= 4 is 32.3 Å². The van der Waals surface area contributed by atoms with Crippen molar-refractivity contribution < 1.29 is 30.7 Å². The van der Waals surface area contributed by atoms with Gasteiger partial charge in [0.2, 0.25) is 5.88 Å². The minimum Gasteiger partial charge on any atom is -0.480 e. The molecule has 2 aromatic carbocycles. The number of pyridine rings is 1. The Kier molecular flexibility index (Phi) is 6.12. The van der Waals surface area contributed by atoms with Crippen molar-refractivity contribution in [1.82, 2.24) is 25.1 Å². The zero-order valence-corrected chi connectivity index (χ0v) is 20.2. The molecule has 0 bridgehead atoms. The third-order valence-corrected chi connectivity index (χ3v) is 7.39. The van der Waals surface area contributed by atoms with E-state index in [2.05, 4.69) is 25.1 Å². The van der Waals surface area contributed by atoms with Crippen LogP contribution in [0, 0.1) is 23.3 Å². The average Bonchev–Trinajstić information content (AvgIpc) is 3.48. The molecule has 2 N–H and O–H groups in total. The number of imidazole rings is 1. The minimum atomic E-state index is -4.41. The fourth-order valence-electron chi connectivity index (χ4n) is 3.87. The van der Waals surface area contributed by atoms with Crippen molar-refractivity contribution in [3.05, 3.63) is 76.7 Å². The molecule has 37 heavy (non-hydrogen) atoms. The maximum absolute atomic E-state index is 15.5. The van der Waals surface area contributed by atoms with E-state index in [1.54, 1.807) is 0 Å². The molecular weight excluding hydrogens is 538 g/mol. The Morgan fingerprint density at radius 2 is 1.81 bits per heavy atom. The number of nitrogens with zero attached hydrogens (tertiary/aromatic N) is 3. The van der Waals surface area contributed by atoms with Crippen LogP contribution in [0.1, 0.15) is 5.56 Å². The molecule has 0 atom stereocenters. The van der Waals surface area contributed by atoms with E-state index in [1.165, 1.54) is 12.3 Å². The Morgan fingerprint density at radius 1 is 1.03 bits per heavy atom. The van der Waals surface area contributed by atoms with Crippen LogP contribution in [0.2, 0.25) is 5.15 Å². The van der Waals surface area contributed by atoms with E-state index in [-0.39, 0.29) is 21.9 Å². The molecule has 3 heterocycles. The van der Waals surface area contributed by atoms with E-state index in [0.717, 1.165) is 31.5 Å². The fourth-order valence-corrected chi connectivity index (χ4v) is 5.49. The molecule has 5 rings (SSSR count). The first kappa shape index (κ1) is 24.7. The molecule has 0 aliphatic rings. The van der Waals surface area contributed by atoms with Gasteiger partial charge in [-0.1, -0.05) is 23.7 Å². The van der Waals surface area contributed by atoms with Gasteiger partial charge >= 0.3 is 0 Å². The van der Waals surface area contributed by atoms with Crippen molar-refractivity contribution in [2.45, 2.75) is 10.6 Å². The monoisotopic (exact) mass is 551 g/mol. The molecule has 0 radical (unpaired) electrons. The van der Waals surface area contributed by atoms with Gasteiger partial charge < -0.3 is 9.72 Å². The summed E-state index contributed by atoms with van der Waals surface area (Å²) in [4.78, 5) is 9.75. The minimum absolute atomic E-state index is 0.229. The lowest BCUT2D eigenvalue weighted by Gasteiger charge is -2.13. The van der Waals surface area contributed by atoms with Crippen LogP contribution in [0.3, 0.4) is 0 Å². The molecule has 0 spiro atoms. The predicted octanol–water partition coefficient (Wildman–Crippen LogP) is 5.21. The highest BCUT2D eigenvalue weighted by molar-refractivity contribution is 7.90. The van der Waals surface area contributed by atoms with E-state index in [4.69, 9.17) is 16.3 Å². The molecule has 0 saturated heterocycles. The summed E-state index contributed by atoms with van der Waals surface area (Å²) >= 11 is 5.84. The molecule has 0 saturated carbocycles. The number of hydrogen-bond donors (Lipinski definition) is 2. The highest BCUT2D eigenvalue weighted by atomic mass is 35.5. The number of rotatable bonds is 6. The molecule has 0 amide bonds. The van der Waals surface area contributed by atoms with Crippen molar-refractivity contribution in [2.24, 2.45) is 0 Å². The van der Waals surface area contributed by atoms with Crippen LogP contribution in [0.25, 0.3) is 33.5 Å². The van der Waals surface area contributed by atoms with Gasteiger partial charge in [0.25, 0.3) is 0 Å². The summed E-state index contributed by atoms with van der Waals surface area (Å²) in [5, 5.41) is 7.00. The molecule has 3 aromatic heterocycles. The second-order valence-corrected chi connectivity index (χ2v) is 10.2. The number of nitrogens with one attached hydrogen (secondary N) is 2. The molecule has 0 aliphatic heterocycles. The number of hydrogen-bond acceptors (Lipinski definition) is 6. The Bertz CT molecular complexity index is 1790. The van der Waals surface area contributed by atoms with Gasteiger partial charge in [0, 0.05) is 16.5 Å². The highest BCUT2D eigenvalue weighted by Crippen LogP contribution is 2.36. The van der Waals surface area contributed by atoms with E-state index >= 15 is 8.78 Å². The van der Waals surface area contributed by atoms with Crippen molar-refractivity contribution in [1.29, 1.82) is 0 Å². The SMILES string of the molecule is COc1ncc(F)cc1S(=O)(=O)Cc1ccc(F)c(-c2ccc3c(-c4ncc(Cl)[nH]4)[nH]nc3c2F)c1F. The first-order chi connectivity index (χ1) is 17.6. The normalized spacial score (nSPS) is 11.8. The molecule has 0 unspecified atom stereocenters.